The van der Waals surface area contributed by atoms with Gasteiger partial charge in [0, 0.05) is 5.75 Å². The van der Waals surface area contributed by atoms with Crippen molar-refractivity contribution in [3.63, 3.8) is 0 Å². The summed E-state index contributed by atoms with van der Waals surface area (Å²) in [5.41, 5.74) is 1.25. The minimum absolute atomic E-state index is 0.140. The van der Waals surface area contributed by atoms with Crippen LogP contribution in [0.1, 0.15) is 37.5 Å². The Labute approximate surface area is 222 Å². The van der Waals surface area contributed by atoms with Crippen LogP contribution in [0.5, 0.6) is 0 Å². The molecular formula is C25H18F2N4O3S3. The van der Waals surface area contributed by atoms with E-state index in [9.17, 15) is 23.5 Å². The van der Waals surface area contributed by atoms with Crippen molar-refractivity contribution >= 4 is 51.3 Å². The number of carbonyl (C=O) groups excluding carboxylic acids is 2. The Hall–Kier alpha value is -3.48. The maximum absolute atomic E-state index is 14.0. The first-order valence-electron chi connectivity index (χ1n) is 10.9. The summed E-state index contributed by atoms with van der Waals surface area (Å²) < 4.78 is 28.2. The van der Waals surface area contributed by atoms with Crippen LogP contribution in [-0.2, 0) is 10.5 Å². The summed E-state index contributed by atoms with van der Waals surface area (Å²) in [4.78, 5) is 32.7. The van der Waals surface area contributed by atoms with Gasteiger partial charge in [-0.3, -0.25) is 14.5 Å². The van der Waals surface area contributed by atoms with E-state index in [1.54, 1.807) is 32.0 Å². The van der Waals surface area contributed by atoms with Crippen LogP contribution in [0.4, 0.5) is 13.9 Å². The average molecular weight is 557 g/mol. The molecule has 1 aliphatic heterocycles. The highest BCUT2D eigenvalue weighted by atomic mass is 32.2. The molecule has 37 heavy (non-hydrogen) atoms. The predicted molar refractivity (Wildman–Crippen MR) is 138 cm³/mol. The summed E-state index contributed by atoms with van der Waals surface area (Å²) in [6.07, 6.45) is 0. The largest absolute Gasteiger partial charge is 0.503 e. The molecule has 0 saturated heterocycles. The summed E-state index contributed by atoms with van der Waals surface area (Å²) in [7, 11) is 0. The number of rotatable bonds is 7. The summed E-state index contributed by atoms with van der Waals surface area (Å²) in [5.74, 6) is -2.59. The van der Waals surface area contributed by atoms with Gasteiger partial charge in [-0.05, 0) is 43.2 Å². The number of aryl methyl sites for hydroxylation is 2. The molecule has 0 spiro atoms. The van der Waals surface area contributed by atoms with E-state index in [1.165, 1.54) is 47.0 Å². The lowest BCUT2D eigenvalue weighted by Crippen LogP contribution is -2.31. The smallest absolute Gasteiger partial charge is 0.296 e. The lowest BCUT2D eigenvalue weighted by atomic mass is 9.95. The van der Waals surface area contributed by atoms with Gasteiger partial charge in [0.05, 0.1) is 27.2 Å². The third-order valence-electron chi connectivity index (χ3n) is 5.66. The molecule has 1 aliphatic rings. The minimum Gasteiger partial charge on any atom is -0.503 e. The molecule has 5 rings (SSSR count). The van der Waals surface area contributed by atoms with Crippen LogP contribution in [0.15, 0.2) is 64.2 Å². The van der Waals surface area contributed by atoms with E-state index in [4.69, 9.17) is 0 Å². The highest BCUT2D eigenvalue weighted by molar-refractivity contribution is 8.00. The first-order valence-corrected chi connectivity index (χ1v) is 13.6. The molecule has 1 atom stereocenters. The molecule has 1 N–H and O–H groups in total. The Bertz CT molecular complexity index is 1550. The van der Waals surface area contributed by atoms with Crippen molar-refractivity contribution < 1.29 is 23.5 Å². The number of aromatic nitrogens is 3. The highest BCUT2D eigenvalue weighted by Crippen LogP contribution is 2.44. The van der Waals surface area contributed by atoms with E-state index in [0.717, 1.165) is 22.7 Å². The monoisotopic (exact) mass is 556 g/mol. The van der Waals surface area contributed by atoms with Crippen LogP contribution in [0.3, 0.4) is 0 Å². The Morgan fingerprint density at radius 1 is 1.08 bits per heavy atom. The topological polar surface area (TPSA) is 96.3 Å². The summed E-state index contributed by atoms with van der Waals surface area (Å²) >= 11 is 3.48. The molecular weight excluding hydrogens is 538 g/mol. The highest BCUT2D eigenvalue weighted by Gasteiger charge is 2.46. The van der Waals surface area contributed by atoms with Gasteiger partial charge in [-0.1, -0.05) is 53.4 Å². The van der Waals surface area contributed by atoms with Crippen molar-refractivity contribution in [3.8, 4) is 0 Å². The number of thioether (sulfide) groups is 1. The van der Waals surface area contributed by atoms with E-state index >= 15 is 0 Å². The molecule has 0 fully saturated rings. The van der Waals surface area contributed by atoms with Crippen molar-refractivity contribution in [1.82, 2.24) is 15.2 Å². The number of anilines is 1. The fourth-order valence-corrected chi connectivity index (χ4v) is 6.70. The fraction of sp³-hybridized carbons (Fsp3) is 0.160. The lowest BCUT2D eigenvalue weighted by Gasteiger charge is -2.24. The standard InChI is InChI=1S/C25H18F2N4O3S3/c1-12-22(36-13(2)28-12)20(32)18-19(14-7-9-16(26)10-8-14)31(23(34)21(18)33)24-29-30-25(37-24)35-11-15-5-3-4-6-17(15)27/h3-10,19,33H,11H2,1-2H3. The zero-order valence-corrected chi connectivity index (χ0v) is 21.9. The van der Waals surface area contributed by atoms with Crippen molar-refractivity contribution in [1.29, 1.82) is 0 Å². The van der Waals surface area contributed by atoms with Crippen molar-refractivity contribution in [3.05, 3.63) is 98.2 Å². The van der Waals surface area contributed by atoms with Gasteiger partial charge in [0.25, 0.3) is 5.91 Å². The summed E-state index contributed by atoms with van der Waals surface area (Å²) in [6, 6.07) is 10.7. The van der Waals surface area contributed by atoms with Gasteiger partial charge in [-0.2, -0.15) is 0 Å². The first kappa shape index (κ1) is 25.2. The minimum atomic E-state index is -1.06. The molecule has 1 amide bonds. The molecule has 0 saturated carbocycles. The summed E-state index contributed by atoms with van der Waals surface area (Å²) in [5, 5.41) is 19.9. The van der Waals surface area contributed by atoms with Gasteiger partial charge in [0.1, 0.15) is 11.6 Å². The Kier molecular flexibility index (Phi) is 6.88. The number of Topliss-reactive ketones (excluding diaryl/α,β-unsaturated/α-hetero) is 1. The number of amides is 1. The SMILES string of the molecule is Cc1nc(C)c(C(=O)C2=C(O)C(=O)N(c3nnc(SCc4ccccc4F)s3)C2c2ccc(F)cc2)s1. The second-order valence-corrected chi connectivity index (χ2v) is 11.5. The first-order chi connectivity index (χ1) is 17.7. The van der Waals surface area contributed by atoms with Gasteiger partial charge in [0.15, 0.2) is 10.1 Å². The molecule has 188 valence electrons. The number of aliphatic hydroxyl groups excluding tert-OH is 1. The van der Waals surface area contributed by atoms with Gasteiger partial charge in [0.2, 0.25) is 10.9 Å². The molecule has 12 heteroatoms. The van der Waals surface area contributed by atoms with Crippen molar-refractivity contribution in [2.75, 3.05) is 4.90 Å². The number of hydrogen-bond acceptors (Lipinski definition) is 9. The third-order valence-corrected chi connectivity index (χ3v) is 8.84. The number of thiazole rings is 1. The maximum atomic E-state index is 14.0. The number of aliphatic hydroxyl groups is 1. The van der Waals surface area contributed by atoms with Crippen LogP contribution in [0, 0.1) is 25.5 Å². The van der Waals surface area contributed by atoms with Crippen LogP contribution >= 0.6 is 34.4 Å². The van der Waals surface area contributed by atoms with Gasteiger partial charge in [-0.15, -0.1) is 21.5 Å². The average Bonchev–Trinajstić information content (AvgIpc) is 3.55. The Balaban J connectivity index is 1.51. The number of ketones is 1. The molecule has 0 aliphatic carbocycles. The number of carbonyl (C=O) groups is 2. The van der Waals surface area contributed by atoms with E-state index in [0.29, 0.717) is 36.8 Å². The van der Waals surface area contributed by atoms with Crippen LogP contribution < -0.4 is 4.90 Å². The lowest BCUT2D eigenvalue weighted by molar-refractivity contribution is -0.117. The molecule has 3 heterocycles. The number of halogens is 2. The zero-order valence-electron chi connectivity index (χ0n) is 19.4. The third kappa shape index (κ3) is 4.79. The van der Waals surface area contributed by atoms with E-state index in [-0.39, 0.29) is 16.5 Å². The van der Waals surface area contributed by atoms with E-state index < -0.39 is 29.3 Å². The molecule has 0 radical (unpaired) electrons. The van der Waals surface area contributed by atoms with Crippen LogP contribution in [0.2, 0.25) is 0 Å². The number of hydrogen-bond donors (Lipinski definition) is 1. The Morgan fingerprint density at radius 2 is 1.81 bits per heavy atom. The van der Waals surface area contributed by atoms with E-state index in [2.05, 4.69) is 15.2 Å². The second-order valence-electron chi connectivity index (χ2n) is 8.10. The van der Waals surface area contributed by atoms with Crippen LogP contribution in [-0.4, -0.2) is 32.0 Å². The van der Waals surface area contributed by atoms with Crippen molar-refractivity contribution in [2.45, 2.75) is 30.0 Å². The predicted octanol–water partition coefficient (Wildman–Crippen LogP) is 5.96. The van der Waals surface area contributed by atoms with Crippen molar-refractivity contribution in [2.24, 2.45) is 0 Å². The van der Waals surface area contributed by atoms with Gasteiger partial charge < -0.3 is 5.11 Å². The normalized spacial score (nSPS) is 15.6. The fourth-order valence-electron chi connectivity index (χ4n) is 3.97. The zero-order chi connectivity index (χ0) is 26.3. The molecule has 4 aromatic rings. The Morgan fingerprint density at radius 3 is 2.49 bits per heavy atom. The van der Waals surface area contributed by atoms with Crippen LogP contribution in [0.25, 0.3) is 0 Å². The quantitative estimate of drug-likeness (QED) is 0.170. The summed E-state index contributed by atoms with van der Waals surface area (Å²) in [6.45, 7) is 3.44. The molecule has 7 nitrogen and oxygen atoms in total. The second kappa shape index (κ2) is 10.1. The number of nitrogens with zero attached hydrogens (tertiary/aromatic N) is 4. The maximum Gasteiger partial charge on any atom is 0.296 e. The van der Waals surface area contributed by atoms with E-state index in [1.807, 2.05) is 0 Å². The molecule has 0 bridgehead atoms. The molecule has 1 unspecified atom stereocenters. The van der Waals surface area contributed by atoms with Gasteiger partial charge >= 0.3 is 0 Å². The molecule has 2 aromatic carbocycles. The van der Waals surface area contributed by atoms with Gasteiger partial charge in [-0.25, -0.2) is 13.8 Å². The molecule has 2 aromatic heterocycles. The number of benzene rings is 2.